The highest BCUT2D eigenvalue weighted by atomic mass is 127. The number of aliphatic imine (C=N–C) groups is 1. The van der Waals surface area contributed by atoms with Crippen LogP contribution in [-0.2, 0) is 6.54 Å². The maximum absolute atomic E-state index is 4.86. The second-order valence-electron chi connectivity index (χ2n) is 7.79. The summed E-state index contributed by atoms with van der Waals surface area (Å²) in [5, 5.41) is 6.90. The molecule has 1 aromatic heterocycles. The van der Waals surface area contributed by atoms with Crippen molar-refractivity contribution in [1.82, 2.24) is 30.0 Å². The molecule has 7 nitrogen and oxygen atoms in total. The Labute approximate surface area is 191 Å². The molecule has 0 aliphatic carbocycles. The third-order valence-electron chi connectivity index (χ3n) is 5.89. The van der Waals surface area contributed by atoms with Gasteiger partial charge in [0.1, 0.15) is 5.82 Å². The van der Waals surface area contributed by atoms with Crippen LogP contribution in [0.2, 0.25) is 0 Å². The fourth-order valence-electron chi connectivity index (χ4n) is 4.36. The smallest absolute Gasteiger partial charge is 0.191 e. The fourth-order valence-corrected chi connectivity index (χ4v) is 4.36. The molecule has 29 heavy (non-hydrogen) atoms. The van der Waals surface area contributed by atoms with Gasteiger partial charge in [0.05, 0.1) is 17.6 Å². The van der Waals surface area contributed by atoms with E-state index in [4.69, 9.17) is 4.99 Å². The van der Waals surface area contributed by atoms with Gasteiger partial charge in [0.25, 0.3) is 0 Å². The topological polar surface area (TPSA) is 60.7 Å². The molecule has 3 aliphatic rings. The first-order valence-corrected chi connectivity index (χ1v) is 10.6. The van der Waals surface area contributed by atoms with Crippen molar-refractivity contribution in [1.29, 1.82) is 0 Å². The summed E-state index contributed by atoms with van der Waals surface area (Å²) >= 11 is 0. The van der Waals surface area contributed by atoms with Gasteiger partial charge in [0.2, 0.25) is 0 Å². The van der Waals surface area contributed by atoms with Gasteiger partial charge in [-0.2, -0.15) is 0 Å². The number of para-hydroxylation sites is 2. The monoisotopic (exact) mass is 511 g/mol. The van der Waals surface area contributed by atoms with Crippen LogP contribution in [0.25, 0.3) is 11.0 Å². The largest absolute Gasteiger partial charge is 0.357 e. The number of rotatable bonds is 7. The number of hydrogen-bond donors (Lipinski definition) is 2. The van der Waals surface area contributed by atoms with Crippen molar-refractivity contribution in [2.75, 3.05) is 52.4 Å². The first-order valence-electron chi connectivity index (χ1n) is 10.6. The SMILES string of the molecule is CCNC(=NCC1CN2CCN1CC2)NCCCn1c(C)nc2ccccc21.I. The van der Waals surface area contributed by atoms with Crippen molar-refractivity contribution in [3.8, 4) is 0 Å². The van der Waals surface area contributed by atoms with Crippen LogP contribution in [0, 0.1) is 6.92 Å². The summed E-state index contributed by atoms with van der Waals surface area (Å²) < 4.78 is 2.31. The molecule has 3 fully saturated rings. The summed E-state index contributed by atoms with van der Waals surface area (Å²) in [6, 6.07) is 8.93. The number of fused-ring (bicyclic) bond motifs is 4. The highest BCUT2D eigenvalue weighted by Gasteiger charge is 2.31. The van der Waals surface area contributed by atoms with Gasteiger partial charge < -0.3 is 15.2 Å². The maximum atomic E-state index is 4.86. The van der Waals surface area contributed by atoms with Gasteiger partial charge >= 0.3 is 0 Å². The normalized spacial score (nSPS) is 23.8. The molecule has 1 aromatic carbocycles. The Morgan fingerprint density at radius 3 is 2.69 bits per heavy atom. The molecule has 0 amide bonds. The minimum absolute atomic E-state index is 0. The van der Waals surface area contributed by atoms with Crippen LogP contribution < -0.4 is 10.6 Å². The van der Waals surface area contributed by atoms with Crippen molar-refractivity contribution < 1.29 is 0 Å². The zero-order valence-corrected chi connectivity index (χ0v) is 19.9. The Hall–Kier alpha value is -1.39. The fraction of sp³-hybridized carbons (Fsp3) is 0.619. The Morgan fingerprint density at radius 2 is 1.97 bits per heavy atom. The summed E-state index contributed by atoms with van der Waals surface area (Å²) in [6.45, 7) is 13.8. The zero-order chi connectivity index (χ0) is 19.3. The molecular formula is C21H34IN7. The lowest BCUT2D eigenvalue weighted by Crippen LogP contribution is -2.62. The molecule has 0 radical (unpaired) electrons. The molecule has 1 unspecified atom stereocenters. The minimum Gasteiger partial charge on any atom is -0.357 e. The van der Waals surface area contributed by atoms with E-state index < -0.39 is 0 Å². The predicted octanol–water partition coefficient (Wildman–Crippen LogP) is 1.91. The van der Waals surface area contributed by atoms with Gasteiger partial charge in [-0.15, -0.1) is 24.0 Å². The lowest BCUT2D eigenvalue weighted by Gasteiger charge is -2.47. The number of nitrogens with one attached hydrogen (secondary N) is 2. The van der Waals surface area contributed by atoms with Crippen molar-refractivity contribution in [2.45, 2.75) is 32.9 Å². The number of imidazole rings is 1. The molecule has 8 heteroatoms. The van der Waals surface area contributed by atoms with E-state index in [0.29, 0.717) is 6.04 Å². The second kappa shape index (κ2) is 10.6. The number of hydrogen-bond acceptors (Lipinski definition) is 4. The first-order chi connectivity index (χ1) is 13.7. The van der Waals surface area contributed by atoms with Gasteiger partial charge in [-0.3, -0.25) is 14.8 Å². The van der Waals surface area contributed by atoms with E-state index >= 15 is 0 Å². The Kier molecular flexibility index (Phi) is 8.14. The molecule has 0 spiro atoms. The third kappa shape index (κ3) is 5.40. The van der Waals surface area contributed by atoms with Gasteiger partial charge in [0.15, 0.2) is 5.96 Å². The van der Waals surface area contributed by atoms with Crippen LogP contribution in [0.1, 0.15) is 19.2 Å². The molecule has 0 saturated carbocycles. The average Bonchev–Trinajstić information content (AvgIpc) is 3.05. The van der Waals surface area contributed by atoms with E-state index in [9.17, 15) is 0 Å². The van der Waals surface area contributed by atoms with Crippen LogP contribution in [0.5, 0.6) is 0 Å². The predicted molar refractivity (Wildman–Crippen MR) is 130 cm³/mol. The lowest BCUT2D eigenvalue weighted by molar-refractivity contribution is 0.0174. The Balaban J connectivity index is 0.00000240. The number of aryl methyl sites for hydroxylation is 2. The first kappa shape index (κ1) is 22.3. The highest BCUT2D eigenvalue weighted by Crippen LogP contribution is 2.16. The van der Waals surface area contributed by atoms with Crippen LogP contribution in [0.4, 0.5) is 0 Å². The Bertz CT molecular complexity index is 810. The summed E-state index contributed by atoms with van der Waals surface area (Å²) in [7, 11) is 0. The number of halogens is 1. The molecule has 2 bridgehead atoms. The molecule has 2 aromatic rings. The van der Waals surface area contributed by atoms with Crippen LogP contribution in [0.3, 0.4) is 0 Å². The molecule has 3 saturated heterocycles. The number of piperazine rings is 3. The van der Waals surface area contributed by atoms with Crippen LogP contribution in [0.15, 0.2) is 29.3 Å². The molecule has 2 N–H and O–H groups in total. The van der Waals surface area contributed by atoms with Crippen LogP contribution in [-0.4, -0.2) is 83.7 Å². The van der Waals surface area contributed by atoms with E-state index in [1.54, 1.807) is 0 Å². The van der Waals surface area contributed by atoms with Gasteiger partial charge in [-0.1, -0.05) is 12.1 Å². The summed E-state index contributed by atoms with van der Waals surface area (Å²) in [4.78, 5) is 14.7. The minimum atomic E-state index is 0. The maximum Gasteiger partial charge on any atom is 0.191 e. The van der Waals surface area contributed by atoms with E-state index in [2.05, 4.69) is 62.0 Å². The van der Waals surface area contributed by atoms with E-state index in [1.165, 1.54) is 31.7 Å². The second-order valence-corrected chi connectivity index (χ2v) is 7.79. The third-order valence-corrected chi connectivity index (χ3v) is 5.89. The molecule has 4 heterocycles. The quantitative estimate of drug-likeness (QED) is 0.258. The molecule has 3 aliphatic heterocycles. The summed E-state index contributed by atoms with van der Waals surface area (Å²) in [6.07, 6.45) is 1.04. The lowest BCUT2D eigenvalue weighted by atomic mass is 10.1. The van der Waals surface area contributed by atoms with Gasteiger partial charge in [0, 0.05) is 58.4 Å². The molecule has 160 valence electrons. The molecule has 1 atom stereocenters. The van der Waals surface area contributed by atoms with Gasteiger partial charge in [-0.05, 0) is 32.4 Å². The van der Waals surface area contributed by atoms with E-state index in [1.807, 2.05) is 6.07 Å². The highest BCUT2D eigenvalue weighted by molar-refractivity contribution is 14.0. The number of nitrogens with zero attached hydrogens (tertiary/aromatic N) is 5. The number of guanidine groups is 1. The standard InChI is InChI=1S/C21H33N7.HI/c1-3-22-21(24-15-18-16-26-11-13-27(18)14-12-26)23-9-6-10-28-17(2)25-19-7-4-5-8-20(19)28;/h4-5,7-8,18H,3,6,9-16H2,1-2H3,(H2,22,23,24);1H. The Morgan fingerprint density at radius 1 is 1.17 bits per heavy atom. The van der Waals surface area contributed by atoms with Crippen LogP contribution >= 0.6 is 24.0 Å². The molecular weight excluding hydrogens is 477 g/mol. The summed E-state index contributed by atoms with van der Waals surface area (Å²) in [5.41, 5.74) is 2.30. The molecule has 5 rings (SSSR count). The van der Waals surface area contributed by atoms with E-state index in [-0.39, 0.29) is 24.0 Å². The van der Waals surface area contributed by atoms with E-state index in [0.717, 1.165) is 56.4 Å². The number of benzene rings is 1. The van der Waals surface area contributed by atoms with Gasteiger partial charge in [-0.25, -0.2) is 4.98 Å². The summed E-state index contributed by atoms with van der Waals surface area (Å²) in [5.74, 6) is 2.02. The van der Waals surface area contributed by atoms with Crippen molar-refractivity contribution in [3.05, 3.63) is 30.1 Å². The van der Waals surface area contributed by atoms with Crippen molar-refractivity contribution >= 4 is 41.0 Å². The van der Waals surface area contributed by atoms with Crippen molar-refractivity contribution in [3.63, 3.8) is 0 Å². The number of aromatic nitrogens is 2. The zero-order valence-electron chi connectivity index (χ0n) is 17.6. The average molecular weight is 511 g/mol. The van der Waals surface area contributed by atoms with Crippen molar-refractivity contribution in [2.24, 2.45) is 4.99 Å².